The van der Waals surface area contributed by atoms with E-state index in [0.29, 0.717) is 40.5 Å². The van der Waals surface area contributed by atoms with Crippen LogP contribution in [0.1, 0.15) is 28.9 Å². The molecule has 0 unspecified atom stereocenters. The number of hydrogen-bond acceptors (Lipinski definition) is 4. The van der Waals surface area contributed by atoms with Crippen LogP contribution in [0.2, 0.25) is 5.02 Å². The number of para-hydroxylation sites is 1. The van der Waals surface area contributed by atoms with Crippen molar-refractivity contribution in [3.8, 4) is 0 Å². The molecule has 5 rings (SSSR count). The predicted octanol–water partition coefficient (Wildman–Crippen LogP) is 4.30. The smallest absolute Gasteiger partial charge is 0.263 e. The minimum atomic E-state index is -0.164. The molecule has 0 spiro atoms. The first kappa shape index (κ1) is 22.8. The maximum atomic E-state index is 13.3. The van der Waals surface area contributed by atoms with Crippen LogP contribution in [-0.4, -0.2) is 25.1 Å². The van der Waals surface area contributed by atoms with Crippen molar-refractivity contribution >= 4 is 34.2 Å². The van der Waals surface area contributed by atoms with E-state index in [1.807, 2.05) is 72.0 Å². The Balaban J connectivity index is 1.44. The lowest BCUT2D eigenvalue weighted by atomic mass is 10.1. The number of amides is 1. The highest BCUT2D eigenvalue weighted by molar-refractivity contribution is 6.31. The highest BCUT2D eigenvalue weighted by Crippen LogP contribution is 2.19. The molecule has 0 saturated carbocycles. The molecule has 0 radical (unpaired) electrons. The SMILES string of the molecule is Cc1ccc(CNC(=O)CCc2nnc3n(Cc4ccccc4Cl)c(=O)c4ccccc4n23)cc1. The molecule has 176 valence electrons. The molecule has 0 fully saturated rings. The van der Waals surface area contributed by atoms with E-state index in [0.717, 1.165) is 11.1 Å². The zero-order valence-electron chi connectivity index (χ0n) is 19.2. The zero-order chi connectivity index (χ0) is 24.4. The molecule has 0 bridgehead atoms. The molecule has 0 aliphatic heterocycles. The average molecular weight is 486 g/mol. The Morgan fingerprint density at radius 2 is 1.71 bits per heavy atom. The van der Waals surface area contributed by atoms with Gasteiger partial charge in [-0.25, -0.2) is 0 Å². The van der Waals surface area contributed by atoms with Crippen LogP contribution in [0.15, 0.2) is 77.6 Å². The molecule has 35 heavy (non-hydrogen) atoms. The number of aryl methyl sites for hydroxylation is 2. The predicted molar refractivity (Wildman–Crippen MR) is 137 cm³/mol. The lowest BCUT2D eigenvalue weighted by Gasteiger charge is -2.12. The summed E-state index contributed by atoms with van der Waals surface area (Å²) in [5, 5.41) is 12.8. The summed E-state index contributed by atoms with van der Waals surface area (Å²) in [6, 6.07) is 22.8. The maximum absolute atomic E-state index is 13.3. The first-order valence-electron chi connectivity index (χ1n) is 11.4. The number of nitrogens with one attached hydrogen (secondary N) is 1. The zero-order valence-corrected chi connectivity index (χ0v) is 20.0. The van der Waals surface area contributed by atoms with Gasteiger partial charge in [0, 0.05) is 24.4 Å². The maximum Gasteiger partial charge on any atom is 0.263 e. The third kappa shape index (κ3) is 4.68. The first-order chi connectivity index (χ1) is 17.0. The minimum Gasteiger partial charge on any atom is -0.352 e. The quantitative estimate of drug-likeness (QED) is 0.372. The van der Waals surface area contributed by atoms with Crippen molar-refractivity contribution in [1.29, 1.82) is 0 Å². The Kier molecular flexibility index (Phi) is 6.33. The van der Waals surface area contributed by atoms with E-state index in [-0.39, 0.29) is 24.4 Å². The Hall–Kier alpha value is -3.97. The highest BCUT2D eigenvalue weighted by atomic mass is 35.5. The van der Waals surface area contributed by atoms with Crippen molar-refractivity contribution in [3.63, 3.8) is 0 Å². The molecule has 0 saturated heterocycles. The monoisotopic (exact) mass is 485 g/mol. The van der Waals surface area contributed by atoms with Crippen molar-refractivity contribution in [3.05, 3.63) is 111 Å². The van der Waals surface area contributed by atoms with E-state index in [1.165, 1.54) is 5.56 Å². The van der Waals surface area contributed by atoms with Gasteiger partial charge in [0.15, 0.2) is 0 Å². The van der Waals surface area contributed by atoms with Crippen molar-refractivity contribution in [1.82, 2.24) is 24.5 Å². The average Bonchev–Trinajstić information content (AvgIpc) is 3.30. The molecule has 1 N–H and O–H groups in total. The number of fused-ring (bicyclic) bond motifs is 3. The third-order valence-electron chi connectivity index (χ3n) is 6.05. The third-order valence-corrected chi connectivity index (χ3v) is 6.42. The second-order valence-electron chi connectivity index (χ2n) is 8.51. The topological polar surface area (TPSA) is 81.3 Å². The normalized spacial score (nSPS) is 11.3. The van der Waals surface area contributed by atoms with E-state index in [2.05, 4.69) is 15.5 Å². The van der Waals surface area contributed by atoms with E-state index < -0.39 is 0 Å². The Labute approximate surface area is 207 Å². The fourth-order valence-corrected chi connectivity index (χ4v) is 4.33. The van der Waals surface area contributed by atoms with Crippen LogP contribution in [0.25, 0.3) is 16.7 Å². The molecule has 5 aromatic rings. The summed E-state index contributed by atoms with van der Waals surface area (Å²) in [7, 11) is 0. The molecular formula is C27H24ClN5O2. The van der Waals surface area contributed by atoms with Crippen LogP contribution in [0.5, 0.6) is 0 Å². The van der Waals surface area contributed by atoms with Gasteiger partial charge in [-0.2, -0.15) is 0 Å². The van der Waals surface area contributed by atoms with Gasteiger partial charge >= 0.3 is 0 Å². The Morgan fingerprint density at radius 1 is 0.971 bits per heavy atom. The molecule has 2 aromatic heterocycles. The number of benzene rings is 3. The van der Waals surface area contributed by atoms with Gasteiger partial charge < -0.3 is 5.32 Å². The standard InChI is InChI=1S/C27H24ClN5O2/c1-18-10-12-19(13-11-18)16-29-25(34)15-14-24-30-31-27-32(17-20-6-2-4-8-22(20)28)26(35)21-7-3-5-9-23(21)33(24)27/h2-13H,14-17H2,1H3,(H,29,34). The molecule has 3 aromatic carbocycles. The summed E-state index contributed by atoms with van der Waals surface area (Å²) in [4.78, 5) is 25.9. The minimum absolute atomic E-state index is 0.0731. The number of carbonyl (C=O) groups excluding carboxylic acids is 1. The summed E-state index contributed by atoms with van der Waals surface area (Å²) < 4.78 is 3.44. The summed E-state index contributed by atoms with van der Waals surface area (Å²) in [6.07, 6.45) is 0.639. The van der Waals surface area contributed by atoms with Gasteiger partial charge in [-0.3, -0.25) is 18.6 Å². The molecular weight excluding hydrogens is 462 g/mol. The number of aromatic nitrogens is 4. The van der Waals surface area contributed by atoms with E-state index >= 15 is 0 Å². The van der Waals surface area contributed by atoms with Crippen LogP contribution < -0.4 is 10.9 Å². The number of rotatable bonds is 7. The number of nitrogens with zero attached hydrogens (tertiary/aromatic N) is 4. The van der Waals surface area contributed by atoms with Gasteiger partial charge in [0.2, 0.25) is 11.7 Å². The molecule has 8 heteroatoms. The molecule has 2 heterocycles. The van der Waals surface area contributed by atoms with Crippen LogP contribution in [0, 0.1) is 6.92 Å². The van der Waals surface area contributed by atoms with Gasteiger partial charge in [0.1, 0.15) is 5.82 Å². The lowest BCUT2D eigenvalue weighted by molar-refractivity contribution is -0.121. The highest BCUT2D eigenvalue weighted by Gasteiger charge is 2.18. The van der Waals surface area contributed by atoms with Crippen molar-refractivity contribution < 1.29 is 4.79 Å². The van der Waals surface area contributed by atoms with Crippen LogP contribution in [-0.2, 0) is 24.3 Å². The van der Waals surface area contributed by atoms with Gasteiger partial charge in [-0.15, -0.1) is 10.2 Å². The van der Waals surface area contributed by atoms with Gasteiger partial charge in [-0.1, -0.05) is 71.8 Å². The van der Waals surface area contributed by atoms with E-state index in [9.17, 15) is 9.59 Å². The number of halogens is 1. The summed E-state index contributed by atoms with van der Waals surface area (Å²) in [5.74, 6) is 0.967. The largest absolute Gasteiger partial charge is 0.352 e. The molecule has 0 aliphatic rings. The summed E-state index contributed by atoms with van der Waals surface area (Å²) >= 11 is 6.36. The molecule has 0 aliphatic carbocycles. The molecule has 0 atom stereocenters. The van der Waals surface area contributed by atoms with Crippen LogP contribution >= 0.6 is 11.6 Å². The second kappa shape index (κ2) is 9.72. The summed E-state index contributed by atoms with van der Waals surface area (Å²) in [5.41, 5.74) is 3.59. The fraction of sp³-hybridized carbons (Fsp3) is 0.185. The second-order valence-corrected chi connectivity index (χ2v) is 8.92. The van der Waals surface area contributed by atoms with Gasteiger partial charge in [-0.05, 0) is 36.2 Å². The first-order valence-corrected chi connectivity index (χ1v) is 11.8. The van der Waals surface area contributed by atoms with Crippen molar-refractivity contribution in [2.75, 3.05) is 0 Å². The van der Waals surface area contributed by atoms with Gasteiger partial charge in [0.05, 0.1) is 17.4 Å². The van der Waals surface area contributed by atoms with E-state index in [4.69, 9.17) is 11.6 Å². The van der Waals surface area contributed by atoms with E-state index in [1.54, 1.807) is 16.7 Å². The summed E-state index contributed by atoms with van der Waals surface area (Å²) in [6.45, 7) is 2.77. The Bertz CT molecular complexity index is 1590. The van der Waals surface area contributed by atoms with Crippen LogP contribution in [0.4, 0.5) is 0 Å². The number of hydrogen-bond donors (Lipinski definition) is 1. The van der Waals surface area contributed by atoms with Crippen LogP contribution in [0.3, 0.4) is 0 Å². The fourth-order valence-electron chi connectivity index (χ4n) is 4.14. The Morgan fingerprint density at radius 3 is 2.51 bits per heavy atom. The van der Waals surface area contributed by atoms with Crippen molar-refractivity contribution in [2.45, 2.75) is 32.9 Å². The number of carbonyl (C=O) groups is 1. The van der Waals surface area contributed by atoms with Crippen molar-refractivity contribution in [2.24, 2.45) is 0 Å². The molecule has 1 amide bonds. The molecule has 7 nitrogen and oxygen atoms in total. The van der Waals surface area contributed by atoms with Gasteiger partial charge in [0.25, 0.3) is 5.56 Å². The lowest BCUT2D eigenvalue weighted by Crippen LogP contribution is -2.25.